The van der Waals surface area contributed by atoms with E-state index in [2.05, 4.69) is 6.92 Å². The van der Waals surface area contributed by atoms with Crippen LogP contribution in [0.25, 0.3) is 0 Å². The Balaban J connectivity index is 2.07. The van der Waals surface area contributed by atoms with Crippen LogP contribution in [0, 0.1) is 5.92 Å². The van der Waals surface area contributed by atoms with Crippen LogP contribution in [0.1, 0.15) is 12.7 Å². The lowest BCUT2D eigenvalue weighted by Gasteiger charge is -2.09. The second kappa shape index (κ2) is 6.62. The lowest BCUT2D eigenvalue weighted by Crippen LogP contribution is -2.11. The van der Waals surface area contributed by atoms with Gasteiger partial charge in [0.2, 0.25) is 0 Å². The summed E-state index contributed by atoms with van der Waals surface area (Å²) in [6.45, 7) is 4.23. The maximum atomic E-state index is 5.42. The average Bonchev–Trinajstić information content (AvgIpc) is 2.65. The van der Waals surface area contributed by atoms with Crippen LogP contribution >= 0.6 is 0 Å². The molecule has 3 nitrogen and oxygen atoms in total. The topological polar surface area (TPSA) is 31.6 Å². The SMILES string of the molecule is COCCOCC(C)Cc1ccco1. The van der Waals surface area contributed by atoms with Crippen molar-refractivity contribution < 1.29 is 13.9 Å². The number of hydrogen-bond donors (Lipinski definition) is 0. The zero-order valence-electron chi connectivity index (χ0n) is 8.86. The molecule has 1 heterocycles. The summed E-state index contributed by atoms with van der Waals surface area (Å²) >= 11 is 0. The van der Waals surface area contributed by atoms with Gasteiger partial charge in [-0.2, -0.15) is 0 Å². The highest BCUT2D eigenvalue weighted by atomic mass is 16.5. The number of rotatable bonds is 7. The van der Waals surface area contributed by atoms with E-state index in [0.29, 0.717) is 19.1 Å². The van der Waals surface area contributed by atoms with Crippen LogP contribution in [-0.4, -0.2) is 26.9 Å². The summed E-state index contributed by atoms with van der Waals surface area (Å²) in [6, 6.07) is 3.90. The van der Waals surface area contributed by atoms with Gasteiger partial charge >= 0.3 is 0 Å². The van der Waals surface area contributed by atoms with E-state index in [9.17, 15) is 0 Å². The predicted molar refractivity (Wildman–Crippen MR) is 54.3 cm³/mol. The molecule has 1 aromatic heterocycles. The highest BCUT2D eigenvalue weighted by molar-refractivity contribution is 4.98. The van der Waals surface area contributed by atoms with Crippen LogP contribution in [0.5, 0.6) is 0 Å². The van der Waals surface area contributed by atoms with E-state index in [1.54, 1.807) is 13.4 Å². The third-order valence-electron chi connectivity index (χ3n) is 1.96. The number of ether oxygens (including phenoxy) is 2. The molecule has 0 saturated carbocycles. The maximum Gasteiger partial charge on any atom is 0.104 e. The fourth-order valence-corrected chi connectivity index (χ4v) is 1.26. The molecule has 0 aliphatic carbocycles. The van der Waals surface area contributed by atoms with Crippen molar-refractivity contribution in [3.05, 3.63) is 24.2 Å². The molecule has 0 aromatic carbocycles. The summed E-state index contributed by atoms with van der Waals surface area (Å²) in [5.41, 5.74) is 0. The molecule has 0 N–H and O–H groups in total. The standard InChI is InChI=1S/C11H18O3/c1-10(9-13-7-6-12-2)8-11-4-3-5-14-11/h3-5,10H,6-9H2,1-2H3. The van der Waals surface area contributed by atoms with Gasteiger partial charge in [-0.1, -0.05) is 6.92 Å². The summed E-state index contributed by atoms with van der Waals surface area (Å²) in [6.07, 6.45) is 2.63. The number of furan rings is 1. The van der Waals surface area contributed by atoms with Gasteiger partial charge in [-0.25, -0.2) is 0 Å². The Hall–Kier alpha value is -0.800. The molecule has 3 heteroatoms. The van der Waals surface area contributed by atoms with Crippen molar-refractivity contribution in [1.82, 2.24) is 0 Å². The van der Waals surface area contributed by atoms with Crippen LogP contribution in [-0.2, 0) is 15.9 Å². The van der Waals surface area contributed by atoms with Crippen LogP contribution in [0.4, 0.5) is 0 Å². The van der Waals surface area contributed by atoms with Crippen molar-refractivity contribution in [2.75, 3.05) is 26.9 Å². The molecule has 0 spiro atoms. The largest absolute Gasteiger partial charge is 0.469 e. The summed E-state index contributed by atoms with van der Waals surface area (Å²) in [4.78, 5) is 0. The van der Waals surface area contributed by atoms with Gasteiger partial charge in [-0.3, -0.25) is 0 Å². The van der Waals surface area contributed by atoms with E-state index < -0.39 is 0 Å². The van der Waals surface area contributed by atoms with E-state index in [1.807, 2.05) is 12.1 Å². The molecule has 0 bridgehead atoms. The normalized spacial score (nSPS) is 13.0. The number of hydrogen-bond acceptors (Lipinski definition) is 3. The minimum absolute atomic E-state index is 0.484. The summed E-state index contributed by atoms with van der Waals surface area (Å²) in [5.74, 6) is 1.51. The summed E-state index contributed by atoms with van der Waals surface area (Å²) < 4.78 is 15.6. The van der Waals surface area contributed by atoms with Gasteiger partial charge in [-0.05, 0) is 18.1 Å². The molecular weight excluding hydrogens is 180 g/mol. The number of methoxy groups -OCH3 is 1. The summed E-state index contributed by atoms with van der Waals surface area (Å²) in [5, 5.41) is 0. The summed E-state index contributed by atoms with van der Waals surface area (Å²) in [7, 11) is 1.68. The van der Waals surface area contributed by atoms with Crippen molar-refractivity contribution in [2.45, 2.75) is 13.3 Å². The molecule has 1 rings (SSSR count). The van der Waals surface area contributed by atoms with Crippen molar-refractivity contribution >= 4 is 0 Å². The van der Waals surface area contributed by atoms with E-state index in [-0.39, 0.29) is 0 Å². The van der Waals surface area contributed by atoms with Crippen LogP contribution in [0.3, 0.4) is 0 Å². The second-order valence-electron chi connectivity index (χ2n) is 3.46. The monoisotopic (exact) mass is 198 g/mol. The lowest BCUT2D eigenvalue weighted by molar-refractivity contribution is 0.0536. The van der Waals surface area contributed by atoms with E-state index in [1.165, 1.54) is 0 Å². The van der Waals surface area contributed by atoms with Crippen molar-refractivity contribution in [3.63, 3.8) is 0 Å². The third-order valence-corrected chi connectivity index (χ3v) is 1.96. The zero-order chi connectivity index (χ0) is 10.2. The Labute approximate surface area is 85.0 Å². The van der Waals surface area contributed by atoms with E-state index >= 15 is 0 Å². The molecule has 0 aliphatic rings. The molecule has 0 amide bonds. The first-order chi connectivity index (χ1) is 6.83. The quantitative estimate of drug-likeness (QED) is 0.629. The Morgan fingerprint density at radius 1 is 1.43 bits per heavy atom. The highest BCUT2D eigenvalue weighted by Crippen LogP contribution is 2.08. The molecule has 80 valence electrons. The Morgan fingerprint density at radius 3 is 2.93 bits per heavy atom. The molecular formula is C11H18O3. The minimum atomic E-state index is 0.484. The maximum absolute atomic E-state index is 5.42. The molecule has 1 aromatic rings. The second-order valence-corrected chi connectivity index (χ2v) is 3.46. The fraction of sp³-hybridized carbons (Fsp3) is 0.636. The minimum Gasteiger partial charge on any atom is -0.469 e. The van der Waals surface area contributed by atoms with Gasteiger partial charge in [0.25, 0.3) is 0 Å². The van der Waals surface area contributed by atoms with E-state index in [4.69, 9.17) is 13.9 Å². The third kappa shape index (κ3) is 4.44. The van der Waals surface area contributed by atoms with Crippen LogP contribution in [0.2, 0.25) is 0 Å². The van der Waals surface area contributed by atoms with Crippen LogP contribution < -0.4 is 0 Å². The van der Waals surface area contributed by atoms with Gasteiger partial charge in [0, 0.05) is 20.1 Å². The van der Waals surface area contributed by atoms with Gasteiger partial charge in [0.1, 0.15) is 5.76 Å². The van der Waals surface area contributed by atoms with Crippen molar-refractivity contribution in [1.29, 1.82) is 0 Å². The Kier molecular flexibility index (Phi) is 5.33. The molecule has 1 atom stereocenters. The average molecular weight is 198 g/mol. The van der Waals surface area contributed by atoms with Gasteiger partial charge in [0.05, 0.1) is 19.5 Å². The Bertz CT molecular complexity index is 218. The zero-order valence-corrected chi connectivity index (χ0v) is 8.86. The lowest BCUT2D eigenvalue weighted by atomic mass is 10.1. The first-order valence-corrected chi connectivity index (χ1v) is 4.92. The van der Waals surface area contributed by atoms with Gasteiger partial charge in [-0.15, -0.1) is 0 Å². The smallest absolute Gasteiger partial charge is 0.104 e. The molecule has 0 fully saturated rings. The Morgan fingerprint density at radius 2 is 2.29 bits per heavy atom. The van der Waals surface area contributed by atoms with Gasteiger partial charge < -0.3 is 13.9 Å². The molecule has 1 unspecified atom stereocenters. The molecule has 0 radical (unpaired) electrons. The first-order valence-electron chi connectivity index (χ1n) is 4.92. The van der Waals surface area contributed by atoms with Crippen molar-refractivity contribution in [2.24, 2.45) is 5.92 Å². The first kappa shape index (κ1) is 11.3. The predicted octanol–water partition coefficient (Wildman–Crippen LogP) is 2.12. The highest BCUT2D eigenvalue weighted by Gasteiger charge is 2.05. The molecule has 0 saturated heterocycles. The molecule has 0 aliphatic heterocycles. The van der Waals surface area contributed by atoms with Crippen molar-refractivity contribution in [3.8, 4) is 0 Å². The molecule has 14 heavy (non-hydrogen) atoms. The van der Waals surface area contributed by atoms with Gasteiger partial charge in [0.15, 0.2) is 0 Å². The fourth-order valence-electron chi connectivity index (χ4n) is 1.26. The van der Waals surface area contributed by atoms with E-state index in [0.717, 1.165) is 18.8 Å². The van der Waals surface area contributed by atoms with Crippen LogP contribution in [0.15, 0.2) is 22.8 Å².